The molecule has 0 bridgehead atoms. The largest absolute Gasteiger partial charge is 0.356 e. The van der Waals surface area contributed by atoms with Crippen LogP contribution in [-0.4, -0.2) is 50.7 Å². The van der Waals surface area contributed by atoms with Crippen molar-refractivity contribution in [2.45, 2.75) is 58.9 Å². The van der Waals surface area contributed by atoms with Gasteiger partial charge in [-0.05, 0) is 45.1 Å². The summed E-state index contributed by atoms with van der Waals surface area (Å²) in [6.07, 6.45) is 7.81. The SMILES string of the molecule is Cc1cc(N2CCCCCC2)n2nc(CN3CCCC(C)C3)nc2n1. The molecule has 25 heavy (non-hydrogen) atoms. The van der Waals surface area contributed by atoms with Gasteiger partial charge in [0.15, 0.2) is 5.82 Å². The number of aromatic nitrogens is 4. The zero-order chi connectivity index (χ0) is 17.2. The number of likely N-dealkylation sites (tertiary alicyclic amines) is 1. The Morgan fingerprint density at radius 3 is 2.60 bits per heavy atom. The van der Waals surface area contributed by atoms with Crippen molar-refractivity contribution in [1.82, 2.24) is 24.5 Å². The fraction of sp³-hybridized carbons (Fsp3) is 0.737. The molecule has 0 radical (unpaired) electrons. The Balaban J connectivity index is 1.61. The van der Waals surface area contributed by atoms with Gasteiger partial charge in [0.05, 0.1) is 6.54 Å². The highest BCUT2D eigenvalue weighted by atomic mass is 15.4. The highest BCUT2D eigenvalue weighted by molar-refractivity contribution is 5.47. The maximum atomic E-state index is 4.84. The summed E-state index contributed by atoms with van der Waals surface area (Å²) >= 11 is 0. The third kappa shape index (κ3) is 3.78. The Hall–Kier alpha value is -1.69. The molecule has 2 aromatic heterocycles. The van der Waals surface area contributed by atoms with E-state index < -0.39 is 0 Å². The second-order valence-corrected chi connectivity index (χ2v) is 7.88. The number of nitrogens with zero attached hydrogens (tertiary/aromatic N) is 6. The van der Waals surface area contributed by atoms with E-state index in [-0.39, 0.29) is 0 Å². The average molecular weight is 342 g/mol. The Labute approximate surface area is 150 Å². The fourth-order valence-electron chi connectivity index (χ4n) is 4.23. The lowest BCUT2D eigenvalue weighted by Gasteiger charge is -2.29. The Kier molecular flexibility index (Phi) is 4.88. The smallest absolute Gasteiger partial charge is 0.254 e. The van der Waals surface area contributed by atoms with Gasteiger partial charge >= 0.3 is 0 Å². The minimum Gasteiger partial charge on any atom is -0.356 e. The number of piperidine rings is 1. The first-order valence-corrected chi connectivity index (χ1v) is 9.89. The number of hydrogen-bond acceptors (Lipinski definition) is 5. The van der Waals surface area contributed by atoms with Crippen molar-refractivity contribution in [3.63, 3.8) is 0 Å². The molecule has 0 saturated carbocycles. The summed E-state index contributed by atoms with van der Waals surface area (Å²) in [7, 11) is 0. The molecule has 2 aliphatic rings. The predicted octanol–water partition coefficient (Wildman–Crippen LogP) is 3.05. The second kappa shape index (κ2) is 7.28. The summed E-state index contributed by atoms with van der Waals surface area (Å²) in [5.74, 6) is 3.59. The van der Waals surface area contributed by atoms with Gasteiger partial charge < -0.3 is 4.90 Å². The summed E-state index contributed by atoms with van der Waals surface area (Å²) in [6.45, 7) is 9.76. The van der Waals surface area contributed by atoms with Crippen LogP contribution in [0.25, 0.3) is 5.78 Å². The molecular weight excluding hydrogens is 312 g/mol. The number of fused-ring (bicyclic) bond motifs is 1. The molecule has 6 nitrogen and oxygen atoms in total. The van der Waals surface area contributed by atoms with Crippen molar-refractivity contribution in [2.24, 2.45) is 5.92 Å². The normalized spacial score (nSPS) is 23.1. The maximum Gasteiger partial charge on any atom is 0.254 e. The molecule has 136 valence electrons. The molecular formula is C19H30N6. The van der Waals surface area contributed by atoms with Crippen LogP contribution in [0.2, 0.25) is 0 Å². The Morgan fingerprint density at radius 1 is 1.04 bits per heavy atom. The van der Waals surface area contributed by atoms with Crippen molar-refractivity contribution in [2.75, 3.05) is 31.1 Å². The van der Waals surface area contributed by atoms with Crippen molar-refractivity contribution in [3.05, 3.63) is 17.6 Å². The third-order valence-corrected chi connectivity index (χ3v) is 5.50. The molecule has 0 amide bonds. The minimum absolute atomic E-state index is 0.749. The van der Waals surface area contributed by atoms with Crippen LogP contribution in [-0.2, 0) is 6.54 Å². The number of aryl methyl sites for hydroxylation is 1. The molecule has 4 rings (SSSR count). The van der Waals surface area contributed by atoms with Gasteiger partial charge in [-0.15, -0.1) is 5.10 Å². The lowest BCUT2D eigenvalue weighted by molar-refractivity contribution is 0.173. The van der Waals surface area contributed by atoms with E-state index in [0.29, 0.717) is 0 Å². The molecule has 4 heterocycles. The second-order valence-electron chi connectivity index (χ2n) is 7.88. The standard InChI is InChI=1S/C19H30N6/c1-15-8-7-9-23(13-15)14-17-21-19-20-16(2)12-18(25(19)22-17)24-10-5-3-4-6-11-24/h12,15H,3-11,13-14H2,1-2H3. The lowest BCUT2D eigenvalue weighted by Crippen LogP contribution is -2.34. The molecule has 2 aromatic rings. The summed E-state index contributed by atoms with van der Waals surface area (Å²) < 4.78 is 1.97. The fourth-order valence-corrected chi connectivity index (χ4v) is 4.23. The van der Waals surface area contributed by atoms with E-state index in [1.807, 2.05) is 4.52 Å². The third-order valence-electron chi connectivity index (χ3n) is 5.50. The van der Waals surface area contributed by atoms with Crippen LogP contribution in [0.4, 0.5) is 5.82 Å². The van der Waals surface area contributed by atoms with E-state index in [1.54, 1.807) is 0 Å². The predicted molar refractivity (Wildman–Crippen MR) is 99.9 cm³/mol. The van der Waals surface area contributed by atoms with Gasteiger partial charge in [-0.25, -0.2) is 4.98 Å². The van der Waals surface area contributed by atoms with E-state index in [2.05, 4.69) is 34.7 Å². The molecule has 0 spiro atoms. The molecule has 6 heteroatoms. The van der Waals surface area contributed by atoms with E-state index in [1.165, 1.54) is 38.5 Å². The van der Waals surface area contributed by atoms with Crippen LogP contribution in [0.1, 0.15) is 57.0 Å². The monoisotopic (exact) mass is 342 g/mol. The van der Waals surface area contributed by atoms with E-state index in [0.717, 1.165) is 61.8 Å². The zero-order valence-corrected chi connectivity index (χ0v) is 15.6. The van der Waals surface area contributed by atoms with Gasteiger partial charge in [0.2, 0.25) is 0 Å². The Morgan fingerprint density at radius 2 is 1.84 bits per heavy atom. The van der Waals surface area contributed by atoms with Crippen molar-refractivity contribution >= 4 is 11.6 Å². The summed E-state index contributed by atoms with van der Waals surface area (Å²) in [4.78, 5) is 14.3. The lowest BCUT2D eigenvalue weighted by atomic mass is 10.0. The van der Waals surface area contributed by atoms with Gasteiger partial charge in [0, 0.05) is 31.4 Å². The average Bonchev–Trinajstić information content (AvgIpc) is 2.80. The van der Waals surface area contributed by atoms with Crippen molar-refractivity contribution < 1.29 is 0 Å². The Bertz CT molecular complexity index is 716. The van der Waals surface area contributed by atoms with Crippen LogP contribution in [0.15, 0.2) is 6.07 Å². The van der Waals surface area contributed by atoms with E-state index in [9.17, 15) is 0 Å². The van der Waals surface area contributed by atoms with Crippen LogP contribution >= 0.6 is 0 Å². The maximum absolute atomic E-state index is 4.84. The molecule has 1 unspecified atom stereocenters. The summed E-state index contributed by atoms with van der Waals surface area (Å²) in [6, 6.07) is 2.17. The highest BCUT2D eigenvalue weighted by Gasteiger charge is 2.20. The van der Waals surface area contributed by atoms with E-state index in [4.69, 9.17) is 10.1 Å². The molecule has 2 fully saturated rings. The quantitative estimate of drug-likeness (QED) is 0.858. The number of hydrogen-bond donors (Lipinski definition) is 0. The first kappa shape index (κ1) is 16.8. The van der Waals surface area contributed by atoms with Crippen LogP contribution in [0, 0.1) is 12.8 Å². The van der Waals surface area contributed by atoms with Gasteiger partial charge in [-0.1, -0.05) is 19.8 Å². The minimum atomic E-state index is 0.749. The molecule has 0 aliphatic carbocycles. The van der Waals surface area contributed by atoms with E-state index >= 15 is 0 Å². The first-order chi connectivity index (χ1) is 12.2. The molecule has 2 aliphatic heterocycles. The van der Waals surface area contributed by atoms with Crippen LogP contribution < -0.4 is 4.90 Å². The number of anilines is 1. The molecule has 2 saturated heterocycles. The van der Waals surface area contributed by atoms with Crippen molar-refractivity contribution in [3.8, 4) is 0 Å². The zero-order valence-electron chi connectivity index (χ0n) is 15.6. The highest BCUT2D eigenvalue weighted by Crippen LogP contribution is 2.22. The molecule has 1 atom stereocenters. The first-order valence-electron chi connectivity index (χ1n) is 9.89. The molecule has 0 N–H and O–H groups in total. The van der Waals surface area contributed by atoms with Crippen LogP contribution in [0.3, 0.4) is 0 Å². The number of rotatable bonds is 3. The van der Waals surface area contributed by atoms with Gasteiger partial charge in [-0.2, -0.15) is 9.50 Å². The van der Waals surface area contributed by atoms with Crippen LogP contribution in [0.5, 0.6) is 0 Å². The molecule has 0 aromatic carbocycles. The van der Waals surface area contributed by atoms with Gasteiger partial charge in [0.25, 0.3) is 5.78 Å². The van der Waals surface area contributed by atoms with Gasteiger partial charge in [0.1, 0.15) is 5.82 Å². The topological polar surface area (TPSA) is 49.6 Å². The summed E-state index contributed by atoms with van der Waals surface area (Å²) in [5, 5.41) is 4.84. The van der Waals surface area contributed by atoms with Crippen molar-refractivity contribution in [1.29, 1.82) is 0 Å². The van der Waals surface area contributed by atoms with Gasteiger partial charge in [-0.3, -0.25) is 4.90 Å². The summed E-state index contributed by atoms with van der Waals surface area (Å²) in [5.41, 5.74) is 1.03.